The van der Waals surface area contributed by atoms with Crippen LogP contribution in [-0.4, -0.2) is 55.5 Å². The SMILES string of the molecule is COCC(C)Nc1cc(C(=O)Nc2cccnn2)cc(Oc2ccc(S(C)(=O)=O)cc2)n1. The van der Waals surface area contributed by atoms with Gasteiger partial charge in [-0.1, -0.05) is 0 Å². The number of methoxy groups -OCH3 is 1. The average Bonchev–Trinajstić information content (AvgIpc) is 2.74. The maximum atomic E-state index is 12.8. The molecule has 0 saturated heterocycles. The number of hydrogen-bond acceptors (Lipinski definition) is 9. The molecule has 0 fully saturated rings. The second-order valence-electron chi connectivity index (χ2n) is 6.99. The van der Waals surface area contributed by atoms with Crippen LogP contribution in [0.4, 0.5) is 11.6 Å². The highest BCUT2D eigenvalue weighted by Crippen LogP contribution is 2.25. The number of anilines is 2. The van der Waals surface area contributed by atoms with Crippen LogP contribution in [0.1, 0.15) is 17.3 Å². The molecular weight excluding hydrogens is 434 g/mol. The number of aromatic nitrogens is 3. The highest BCUT2D eigenvalue weighted by Gasteiger charge is 2.14. The van der Waals surface area contributed by atoms with E-state index in [0.29, 0.717) is 24.0 Å². The van der Waals surface area contributed by atoms with Crippen molar-refractivity contribution in [1.82, 2.24) is 15.2 Å². The summed E-state index contributed by atoms with van der Waals surface area (Å²) in [6, 6.07) is 12.2. The first kappa shape index (κ1) is 23.1. The molecule has 2 N–H and O–H groups in total. The van der Waals surface area contributed by atoms with Crippen LogP contribution in [0.15, 0.2) is 59.6 Å². The number of benzene rings is 1. The Morgan fingerprint density at radius 1 is 1.12 bits per heavy atom. The fourth-order valence-electron chi connectivity index (χ4n) is 2.74. The average molecular weight is 458 g/mol. The summed E-state index contributed by atoms with van der Waals surface area (Å²) in [5.74, 6) is 0.801. The molecule has 0 bridgehead atoms. The molecule has 2 aromatic heterocycles. The number of ether oxygens (including phenoxy) is 2. The Bertz CT molecular complexity index is 1170. The summed E-state index contributed by atoms with van der Waals surface area (Å²) in [4.78, 5) is 17.3. The zero-order valence-corrected chi connectivity index (χ0v) is 18.6. The molecule has 0 saturated carbocycles. The zero-order chi connectivity index (χ0) is 23.1. The van der Waals surface area contributed by atoms with E-state index in [0.717, 1.165) is 6.26 Å². The number of nitrogens with one attached hydrogen (secondary N) is 2. The maximum absolute atomic E-state index is 12.8. The maximum Gasteiger partial charge on any atom is 0.257 e. The van der Waals surface area contributed by atoms with Gasteiger partial charge in [-0.05, 0) is 49.4 Å². The van der Waals surface area contributed by atoms with Crippen molar-refractivity contribution in [2.24, 2.45) is 0 Å². The summed E-state index contributed by atoms with van der Waals surface area (Å²) in [5, 5.41) is 13.4. The van der Waals surface area contributed by atoms with E-state index in [2.05, 4.69) is 25.8 Å². The lowest BCUT2D eigenvalue weighted by molar-refractivity contribution is 0.102. The minimum Gasteiger partial charge on any atom is -0.439 e. The molecule has 3 rings (SSSR count). The van der Waals surface area contributed by atoms with Crippen LogP contribution in [0.5, 0.6) is 11.6 Å². The van der Waals surface area contributed by atoms with E-state index in [1.54, 1.807) is 25.3 Å². The van der Waals surface area contributed by atoms with Gasteiger partial charge in [0.2, 0.25) is 5.88 Å². The Hall–Kier alpha value is -3.57. The van der Waals surface area contributed by atoms with Crippen molar-refractivity contribution in [3.05, 3.63) is 60.3 Å². The number of rotatable bonds is 9. The normalized spacial score (nSPS) is 12.1. The van der Waals surface area contributed by atoms with E-state index in [1.807, 2.05) is 6.92 Å². The summed E-state index contributed by atoms with van der Waals surface area (Å²) >= 11 is 0. The van der Waals surface area contributed by atoms with Crippen molar-refractivity contribution in [1.29, 1.82) is 0 Å². The van der Waals surface area contributed by atoms with Crippen molar-refractivity contribution in [2.75, 3.05) is 30.6 Å². The summed E-state index contributed by atoms with van der Waals surface area (Å²) in [7, 11) is -1.73. The second-order valence-corrected chi connectivity index (χ2v) is 9.00. The van der Waals surface area contributed by atoms with Crippen molar-refractivity contribution in [2.45, 2.75) is 17.9 Å². The first-order chi connectivity index (χ1) is 15.2. The van der Waals surface area contributed by atoms with Gasteiger partial charge in [-0.15, -0.1) is 5.10 Å². The number of carbonyl (C=O) groups excluding carboxylic acids is 1. The van der Waals surface area contributed by atoms with Crippen LogP contribution in [0.25, 0.3) is 0 Å². The topological polar surface area (TPSA) is 132 Å². The summed E-state index contributed by atoms with van der Waals surface area (Å²) in [6.45, 7) is 2.34. The Balaban J connectivity index is 1.88. The Morgan fingerprint density at radius 2 is 1.88 bits per heavy atom. The first-order valence-electron chi connectivity index (χ1n) is 9.59. The molecule has 0 aliphatic carbocycles. The molecule has 1 amide bonds. The molecule has 0 radical (unpaired) electrons. The van der Waals surface area contributed by atoms with Crippen LogP contribution in [0.2, 0.25) is 0 Å². The number of carbonyl (C=O) groups is 1. The Kier molecular flexibility index (Phi) is 7.33. The standard InChI is InChI=1S/C21H23N5O5S/c1-14(13-30-2)23-19-11-15(21(27)25-18-5-4-10-22-26-18)12-20(24-19)31-16-6-8-17(9-7-16)32(3,28)29/h4-12,14H,13H2,1-3H3,(H,23,24)(H,25,26,27). The minimum absolute atomic E-state index is 0.0762. The lowest BCUT2D eigenvalue weighted by Crippen LogP contribution is -2.22. The van der Waals surface area contributed by atoms with Crippen molar-refractivity contribution >= 4 is 27.4 Å². The largest absolute Gasteiger partial charge is 0.439 e. The van der Waals surface area contributed by atoms with E-state index < -0.39 is 15.7 Å². The number of amides is 1. The number of nitrogens with zero attached hydrogens (tertiary/aromatic N) is 3. The highest BCUT2D eigenvalue weighted by atomic mass is 32.2. The van der Waals surface area contributed by atoms with Gasteiger partial charge in [-0.2, -0.15) is 10.1 Å². The Morgan fingerprint density at radius 3 is 2.50 bits per heavy atom. The summed E-state index contributed by atoms with van der Waals surface area (Å²) < 4.78 is 34.2. The lowest BCUT2D eigenvalue weighted by atomic mass is 10.2. The van der Waals surface area contributed by atoms with Gasteiger partial charge in [0.05, 0.1) is 11.5 Å². The zero-order valence-electron chi connectivity index (χ0n) is 17.8. The second kappa shape index (κ2) is 10.2. The van der Waals surface area contributed by atoms with Crippen LogP contribution in [0, 0.1) is 0 Å². The number of hydrogen-bond donors (Lipinski definition) is 2. The molecular formula is C21H23N5O5S. The van der Waals surface area contributed by atoms with Crippen molar-refractivity contribution < 1.29 is 22.7 Å². The predicted octanol–water partition coefficient (Wildman–Crippen LogP) is 2.77. The third kappa shape index (κ3) is 6.46. The highest BCUT2D eigenvalue weighted by molar-refractivity contribution is 7.90. The summed E-state index contributed by atoms with van der Waals surface area (Å²) in [5.41, 5.74) is 0.278. The minimum atomic E-state index is -3.32. The van der Waals surface area contributed by atoms with Crippen LogP contribution >= 0.6 is 0 Å². The molecule has 11 heteroatoms. The first-order valence-corrected chi connectivity index (χ1v) is 11.5. The number of pyridine rings is 1. The van der Waals surface area contributed by atoms with Gasteiger partial charge in [0, 0.05) is 37.2 Å². The predicted molar refractivity (Wildman–Crippen MR) is 119 cm³/mol. The third-order valence-corrected chi connectivity index (χ3v) is 5.29. The van der Waals surface area contributed by atoms with Gasteiger partial charge in [-0.3, -0.25) is 4.79 Å². The Labute approximate surface area is 185 Å². The molecule has 0 spiro atoms. The van der Waals surface area contributed by atoms with E-state index >= 15 is 0 Å². The van der Waals surface area contributed by atoms with Gasteiger partial charge >= 0.3 is 0 Å². The fourth-order valence-corrected chi connectivity index (χ4v) is 3.37. The van der Waals surface area contributed by atoms with Gasteiger partial charge in [-0.25, -0.2) is 8.42 Å². The molecule has 1 aromatic carbocycles. The smallest absolute Gasteiger partial charge is 0.257 e. The molecule has 10 nitrogen and oxygen atoms in total. The quantitative estimate of drug-likeness (QED) is 0.497. The van der Waals surface area contributed by atoms with Gasteiger partial charge in [0.15, 0.2) is 15.7 Å². The molecule has 3 aromatic rings. The number of sulfone groups is 1. The summed E-state index contributed by atoms with van der Waals surface area (Å²) in [6.07, 6.45) is 2.63. The fraction of sp³-hybridized carbons (Fsp3) is 0.238. The van der Waals surface area contributed by atoms with Gasteiger partial charge in [0.25, 0.3) is 5.91 Å². The van der Waals surface area contributed by atoms with E-state index in [4.69, 9.17) is 9.47 Å². The van der Waals surface area contributed by atoms with E-state index in [9.17, 15) is 13.2 Å². The monoisotopic (exact) mass is 457 g/mol. The van der Waals surface area contributed by atoms with Gasteiger partial charge < -0.3 is 20.1 Å². The van der Waals surface area contributed by atoms with Crippen LogP contribution in [0.3, 0.4) is 0 Å². The molecule has 1 atom stereocenters. The van der Waals surface area contributed by atoms with Crippen molar-refractivity contribution in [3.8, 4) is 11.6 Å². The van der Waals surface area contributed by atoms with Crippen LogP contribution in [-0.2, 0) is 14.6 Å². The molecule has 1 unspecified atom stereocenters. The molecule has 0 aliphatic heterocycles. The molecule has 168 valence electrons. The van der Waals surface area contributed by atoms with Crippen LogP contribution < -0.4 is 15.4 Å². The van der Waals surface area contributed by atoms with E-state index in [-0.39, 0.29) is 22.4 Å². The molecule has 2 heterocycles. The lowest BCUT2D eigenvalue weighted by Gasteiger charge is -2.15. The van der Waals surface area contributed by atoms with E-state index in [1.165, 1.54) is 36.5 Å². The van der Waals surface area contributed by atoms with Gasteiger partial charge in [0.1, 0.15) is 11.6 Å². The third-order valence-electron chi connectivity index (χ3n) is 4.16. The molecule has 32 heavy (non-hydrogen) atoms. The van der Waals surface area contributed by atoms with Crippen molar-refractivity contribution in [3.63, 3.8) is 0 Å². The molecule has 0 aliphatic rings.